The van der Waals surface area contributed by atoms with Crippen molar-refractivity contribution in [2.75, 3.05) is 13.6 Å². The minimum atomic E-state index is -0.839. The van der Waals surface area contributed by atoms with Crippen LogP contribution >= 0.6 is 0 Å². The molecule has 0 aromatic heterocycles. The van der Waals surface area contributed by atoms with Crippen LogP contribution in [0.1, 0.15) is 52.4 Å². The zero-order chi connectivity index (χ0) is 14.5. The molecule has 0 aliphatic heterocycles. The second kappa shape index (κ2) is 6.78. The minimum absolute atomic E-state index is 0.0221. The maximum atomic E-state index is 12.2. The van der Waals surface area contributed by atoms with E-state index in [0.717, 1.165) is 32.1 Å². The Morgan fingerprint density at radius 3 is 2.32 bits per heavy atom. The molecular weight excluding hydrogens is 244 g/mol. The lowest BCUT2D eigenvalue weighted by Crippen LogP contribution is -2.54. The third-order valence-corrected chi connectivity index (χ3v) is 3.66. The lowest BCUT2D eigenvalue weighted by atomic mass is 9.79. The average molecular weight is 270 g/mol. The van der Waals surface area contributed by atoms with Crippen molar-refractivity contribution in [2.24, 2.45) is 5.92 Å². The van der Waals surface area contributed by atoms with Gasteiger partial charge in [0.1, 0.15) is 0 Å². The van der Waals surface area contributed by atoms with Crippen molar-refractivity contribution in [3.63, 3.8) is 0 Å². The van der Waals surface area contributed by atoms with Gasteiger partial charge in [-0.2, -0.15) is 0 Å². The molecule has 0 aromatic carbocycles. The Morgan fingerprint density at radius 2 is 1.84 bits per heavy atom. The lowest BCUT2D eigenvalue weighted by molar-refractivity contribution is -0.139. The van der Waals surface area contributed by atoms with Crippen LogP contribution in [0, 0.1) is 5.92 Å². The number of aliphatic carboxylic acids is 1. The van der Waals surface area contributed by atoms with Gasteiger partial charge in [0.15, 0.2) is 0 Å². The number of nitrogens with zero attached hydrogens (tertiary/aromatic N) is 1. The molecule has 0 bridgehead atoms. The summed E-state index contributed by atoms with van der Waals surface area (Å²) in [6, 6.07) is -0.156. The standard InChI is InChI=1S/C14H26N2O3/c1-11(2)10-16(3)13(19)15-14(9-12(17)18)7-5-4-6-8-14/h11H,4-10H2,1-3H3,(H,15,19)(H,17,18). The molecule has 5 nitrogen and oxygen atoms in total. The molecule has 0 atom stereocenters. The fraction of sp³-hybridized carbons (Fsp3) is 0.857. The number of nitrogens with one attached hydrogen (secondary N) is 1. The monoisotopic (exact) mass is 270 g/mol. The lowest BCUT2D eigenvalue weighted by Gasteiger charge is -2.38. The van der Waals surface area contributed by atoms with E-state index in [9.17, 15) is 9.59 Å². The van der Waals surface area contributed by atoms with Crippen LogP contribution in [-0.2, 0) is 4.79 Å². The molecule has 0 spiro atoms. The van der Waals surface area contributed by atoms with E-state index < -0.39 is 11.5 Å². The van der Waals surface area contributed by atoms with Crippen molar-refractivity contribution in [3.05, 3.63) is 0 Å². The Hall–Kier alpha value is -1.26. The number of amides is 2. The van der Waals surface area contributed by atoms with Crippen LogP contribution in [0.25, 0.3) is 0 Å². The molecule has 0 aromatic rings. The third kappa shape index (κ3) is 5.09. The van der Waals surface area contributed by atoms with E-state index in [4.69, 9.17) is 5.11 Å². The maximum Gasteiger partial charge on any atom is 0.317 e. The second-order valence-electron chi connectivity index (χ2n) is 6.12. The summed E-state index contributed by atoms with van der Waals surface area (Å²) < 4.78 is 0. The Bertz CT molecular complexity index is 323. The summed E-state index contributed by atoms with van der Waals surface area (Å²) in [7, 11) is 1.76. The normalized spacial score (nSPS) is 18.1. The van der Waals surface area contributed by atoms with Gasteiger partial charge >= 0.3 is 12.0 Å². The Balaban J connectivity index is 2.66. The highest BCUT2D eigenvalue weighted by Crippen LogP contribution is 2.31. The van der Waals surface area contributed by atoms with Crippen LogP contribution in [0.2, 0.25) is 0 Å². The molecule has 1 aliphatic rings. The zero-order valence-corrected chi connectivity index (χ0v) is 12.2. The number of hydrogen-bond donors (Lipinski definition) is 2. The number of carboxylic acids is 1. The van der Waals surface area contributed by atoms with Gasteiger partial charge < -0.3 is 15.3 Å². The quantitative estimate of drug-likeness (QED) is 0.806. The van der Waals surface area contributed by atoms with Crippen molar-refractivity contribution in [1.82, 2.24) is 10.2 Å². The van der Waals surface area contributed by atoms with Gasteiger partial charge in [-0.25, -0.2) is 4.79 Å². The number of urea groups is 1. The van der Waals surface area contributed by atoms with Crippen LogP contribution in [0.5, 0.6) is 0 Å². The molecular formula is C14H26N2O3. The van der Waals surface area contributed by atoms with E-state index in [0.29, 0.717) is 12.5 Å². The average Bonchev–Trinajstić information content (AvgIpc) is 2.27. The Morgan fingerprint density at radius 1 is 1.26 bits per heavy atom. The number of hydrogen-bond acceptors (Lipinski definition) is 2. The summed E-state index contributed by atoms with van der Waals surface area (Å²) in [6.45, 7) is 4.78. The molecule has 1 fully saturated rings. The zero-order valence-electron chi connectivity index (χ0n) is 12.2. The Kier molecular flexibility index (Phi) is 5.63. The molecule has 19 heavy (non-hydrogen) atoms. The number of carbonyl (C=O) groups is 2. The predicted octanol–water partition coefficient (Wildman–Crippen LogP) is 2.46. The first kappa shape index (κ1) is 15.8. The van der Waals surface area contributed by atoms with E-state index >= 15 is 0 Å². The molecule has 5 heteroatoms. The molecule has 2 amide bonds. The van der Waals surface area contributed by atoms with E-state index in [1.165, 1.54) is 0 Å². The van der Waals surface area contributed by atoms with E-state index in [1.54, 1.807) is 11.9 Å². The van der Waals surface area contributed by atoms with Crippen LogP contribution in [-0.4, -0.2) is 41.1 Å². The molecule has 1 rings (SSSR count). The van der Waals surface area contributed by atoms with Gasteiger partial charge in [-0.3, -0.25) is 4.79 Å². The molecule has 0 saturated heterocycles. The van der Waals surface area contributed by atoms with Gasteiger partial charge in [0.05, 0.1) is 12.0 Å². The van der Waals surface area contributed by atoms with Crippen LogP contribution in [0.3, 0.4) is 0 Å². The summed E-state index contributed by atoms with van der Waals surface area (Å²) in [5.74, 6) is -0.439. The first-order valence-electron chi connectivity index (χ1n) is 7.10. The van der Waals surface area contributed by atoms with Gasteiger partial charge in [-0.15, -0.1) is 0 Å². The van der Waals surface area contributed by atoms with Gasteiger partial charge in [0.25, 0.3) is 0 Å². The molecule has 2 N–H and O–H groups in total. The number of rotatable bonds is 5. The molecule has 0 unspecified atom stereocenters. The predicted molar refractivity (Wildman–Crippen MR) is 74.1 cm³/mol. The van der Waals surface area contributed by atoms with E-state index in [-0.39, 0.29) is 12.5 Å². The highest BCUT2D eigenvalue weighted by atomic mass is 16.4. The summed E-state index contributed by atoms with van der Waals surface area (Å²) in [5, 5.41) is 12.0. The molecule has 0 heterocycles. The van der Waals surface area contributed by atoms with Crippen molar-refractivity contribution in [2.45, 2.75) is 57.9 Å². The molecule has 1 saturated carbocycles. The topological polar surface area (TPSA) is 69.6 Å². The van der Waals surface area contributed by atoms with Crippen LogP contribution in [0.4, 0.5) is 4.79 Å². The second-order valence-corrected chi connectivity index (χ2v) is 6.12. The molecule has 0 radical (unpaired) electrons. The van der Waals surface area contributed by atoms with Gasteiger partial charge in [-0.1, -0.05) is 33.1 Å². The number of carboxylic acid groups (broad SMARTS) is 1. The van der Waals surface area contributed by atoms with Crippen LogP contribution in [0.15, 0.2) is 0 Å². The highest BCUT2D eigenvalue weighted by molar-refractivity contribution is 5.76. The summed E-state index contributed by atoms with van der Waals surface area (Å²) in [4.78, 5) is 24.8. The highest BCUT2D eigenvalue weighted by Gasteiger charge is 2.36. The summed E-state index contributed by atoms with van der Waals surface area (Å²) >= 11 is 0. The van der Waals surface area contributed by atoms with Crippen molar-refractivity contribution < 1.29 is 14.7 Å². The largest absolute Gasteiger partial charge is 0.481 e. The van der Waals surface area contributed by atoms with E-state index in [1.807, 2.05) is 0 Å². The molecule has 110 valence electrons. The van der Waals surface area contributed by atoms with Gasteiger partial charge in [0.2, 0.25) is 0 Å². The molecule has 1 aliphatic carbocycles. The smallest absolute Gasteiger partial charge is 0.317 e. The summed E-state index contributed by atoms with van der Waals surface area (Å²) in [5.41, 5.74) is -0.549. The Labute approximate surface area is 115 Å². The minimum Gasteiger partial charge on any atom is -0.481 e. The van der Waals surface area contributed by atoms with Gasteiger partial charge in [-0.05, 0) is 18.8 Å². The van der Waals surface area contributed by atoms with Crippen molar-refractivity contribution in [3.8, 4) is 0 Å². The van der Waals surface area contributed by atoms with Gasteiger partial charge in [0, 0.05) is 13.6 Å². The van der Waals surface area contributed by atoms with Crippen molar-refractivity contribution in [1.29, 1.82) is 0 Å². The maximum absolute atomic E-state index is 12.2. The first-order chi connectivity index (χ1) is 8.84. The fourth-order valence-electron chi connectivity index (χ4n) is 2.82. The third-order valence-electron chi connectivity index (χ3n) is 3.66. The first-order valence-corrected chi connectivity index (χ1v) is 7.10. The van der Waals surface area contributed by atoms with E-state index in [2.05, 4.69) is 19.2 Å². The number of carbonyl (C=O) groups excluding carboxylic acids is 1. The fourth-order valence-corrected chi connectivity index (χ4v) is 2.82. The van der Waals surface area contributed by atoms with Crippen LogP contribution < -0.4 is 5.32 Å². The van der Waals surface area contributed by atoms with Crippen molar-refractivity contribution >= 4 is 12.0 Å². The SMILES string of the molecule is CC(C)CN(C)C(=O)NC1(CC(=O)O)CCCCC1. The summed E-state index contributed by atoms with van der Waals surface area (Å²) in [6.07, 6.45) is 4.65.